The number of hydrogen-bond acceptors (Lipinski definition) is 2. The summed E-state index contributed by atoms with van der Waals surface area (Å²) in [7, 11) is 0. The lowest BCUT2D eigenvalue weighted by Crippen LogP contribution is -2.22. The number of aliphatic carboxylic acids is 1. The minimum Gasteiger partial charge on any atom is -0.481 e. The Kier molecular flexibility index (Phi) is 4.50. The molecule has 3 N–H and O–H groups in total. The largest absolute Gasteiger partial charge is 0.481 e. The van der Waals surface area contributed by atoms with Gasteiger partial charge in [0.25, 0.3) is 0 Å². The highest BCUT2D eigenvalue weighted by atomic mass is 79.9. The summed E-state index contributed by atoms with van der Waals surface area (Å²) in [6.45, 7) is 4.20. The number of halogens is 1. The van der Waals surface area contributed by atoms with Gasteiger partial charge in [-0.2, -0.15) is 0 Å². The van der Waals surface area contributed by atoms with Gasteiger partial charge in [0.15, 0.2) is 0 Å². The van der Waals surface area contributed by atoms with Crippen molar-refractivity contribution in [1.29, 1.82) is 0 Å². The summed E-state index contributed by atoms with van der Waals surface area (Å²) in [5, 5.41) is 9.13. The van der Waals surface area contributed by atoms with Gasteiger partial charge < -0.3 is 10.8 Å². The van der Waals surface area contributed by atoms with Gasteiger partial charge in [0.05, 0.1) is 5.92 Å². The lowest BCUT2D eigenvalue weighted by Gasteiger charge is -2.18. The van der Waals surface area contributed by atoms with Gasteiger partial charge in [0.1, 0.15) is 0 Å². The minimum atomic E-state index is -0.873. The van der Waals surface area contributed by atoms with E-state index in [4.69, 9.17) is 10.8 Å². The molecule has 0 amide bonds. The third-order valence-electron chi connectivity index (χ3n) is 2.58. The molecule has 4 heteroatoms. The maximum absolute atomic E-state index is 11.1. The standard InChI is InChI=1S/C12H16BrNO2/c1-7(2)9-4-3-8(13)5-10(9)11(6-14)12(15)16/h3-5,7,11H,6,14H2,1-2H3,(H,15,16). The third-order valence-corrected chi connectivity index (χ3v) is 3.07. The fourth-order valence-electron chi connectivity index (χ4n) is 1.73. The van der Waals surface area contributed by atoms with Gasteiger partial charge in [-0.05, 0) is 29.2 Å². The number of rotatable bonds is 4. The van der Waals surface area contributed by atoms with Gasteiger partial charge in [-0.1, -0.05) is 35.8 Å². The van der Waals surface area contributed by atoms with Crippen molar-refractivity contribution in [3.05, 3.63) is 33.8 Å². The van der Waals surface area contributed by atoms with E-state index in [0.29, 0.717) is 0 Å². The van der Waals surface area contributed by atoms with Crippen LogP contribution in [0.25, 0.3) is 0 Å². The van der Waals surface area contributed by atoms with Crippen molar-refractivity contribution in [3.8, 4) is 0 Å². The molecule has 0 aliphatic rings. The zero-order chi connectivity index (χ0) is 12.3. The van der Waals surface area contributed by atoms with Gasteiger partial charge in [-0.25, -0.2) is 0 Å². The third kappa shape index (κ3) is 2.83. The van der Waals surface area contributed by atoms with Crippen LogP contribution in [-0.4, -0.2) is 17.6 Å². The van der Waals surface area contributed by atoms with Crippen LogP contribution in [0.4, 0.5) is 0 Å². The Morgan fingerprint density at radius 2 is 2.06 bits per heavy atom. The number of nitrogens with two attached hydrogens (primary N) is 1. The summed E-state index contributed by atoms with van der Waals surface area (Å²) >= 11 is 3.36. The van der Waals surface area contributed by atoms with Gasteiger partial charge >= 0.3 is 5.97 Å². The van der Waals surface area contributed by atoms with Crippen molar-refractivity contribution in [2.75, 3.05) is 6.54 Å². The number of carboxylic acids is 1. The topological polar surface area (TPSA) is 63.3 Å². The molecule has 0 saturated carbocycles. The second-order valence-electron chi connectivity index (χ2n) is 4.05. The quantitative estimate of drug-likeness (QED) is 0.894. The Labute approximate surface area is 104 Å². The second kappa shape index (κ2) is 5.46. The fraction of sp³-hybridized carbons (Fsp3) is 0.417. The van der Waals surface area contributed by atoms with E-state index in [1.165, 1.54) is 0 Å². The van der Waals surface area contributed by atoms with Crippen molar-refractivity contribution >= 4 is 21.9 Å². The molecule has 1 aromatic carbocycles. The molecule has 1 aromatic rings. The Hall–Kier alpha value is -0.870. The molecule has 1 unspecified atom stereocenters. The predicted octanol–water partition coefficient (Wildman–Crippen LogP) is 2.70. The highest BCUT2D eigenvalue weighted by Crippen LogP contribution is 2.29. The van der Waals surface area contributed by atoms with E-state index in [0.717, 1.165) is 15.6 Å². The molecule has 88 valence electrons. The molecular formula is C12H16BrNO2. The first-order valence-corrected chi connectivity index (χ1v) is 5.98. The summed E-state index contributed by atoms with van der Waals surface area (Å²) in [5.41, 5.74) is 7.38. The van der Waals surface area contributed by atoms with Crippen LogP contribution in [0.1, 0.15) is 36.8 Å². The van der Waals surface area contributed by atoms with Crippen molar-refractivity contribution in [2.45, 2.75) is 25.7 Å². The number of carboxylic acid groups (broad SMARTS) is 1. The lowest BCUT2D eigenvalue weighted by atomic mass is 9.89. The Morgan fingerprint density at radius 3 is 2.50 bits per heavy atom. The van der Waals surface area contributed by atoms with E-state index >= 15 is 0 Å². The molecule has 0 aromatic heterocycles. The minimum absolute atomic E-state index is 0.117. The Morgan fingerprint density at radius 1 is 1.44 bits per heavy atom. The molecule has 0 bridgehead atoms. The van der Waals surface area contributed by atoms with E-state index in [1.54, 1.807) is 0 Å². The molecule has 0 aliphatic heterocycles. The van der Waals surface area contributed by atoms with Crippen molar-refractivity contribution in [3.63, 3.8) is 0 Å². The van der Waals surface area contributed by atoms with Crippen LogP contribution in [0, 0.1) is 0 Å². The molecule has 0 spiro atoms. The smallest absolute Gasteiger partial charge is 0.312 e. The number of carbonyl (C=O) groups is 1. The summed E-state index contributed by atoms with van der Waals surface area (Å²) in [6, 6.07) is 5.73. The molecular weight excluding hydrogens is 270 g/mol. The van der Waals surface area contributed by atoms with E-state index < -0.39 is 11.9 Å². The van der Waals surface area contributed by atoms with Crippen molar-refractivity contribution in [2.24, 2.45) is 5.73 Å². The molecule has 16 heavy (non-hydrogen) atoms. The van der Waals surface area contributed by atoms with Crippen LogP contribution in [0.3, 0.4) is 0 Å². The second-order valence-corrected chi connectivity index (χ2v) is 4.97. The average Bonchev–Trinajstić information content (AvgIpc) is 2.17. The van der Waals surface area contributed by atoms with E-state index in [-0.39, 0.29) is 12.5 Å². The van der Waals surface area contributed by atoms with Crippen LogP contribution < -0.4 is 5.73 Å². The summed E-state index contributed by atoms with van der Waals surface area (Å²) in [4.78, 5) is 11.1. The summed E-state index contributed by atoms with van der Waals surface area (Å²) in [5.74, 6) is -1.21. The molecule has 0 aliphatic carbocycles. The normalized spacial score (nSPS) is 12.8. The van der Waals surface area contributed by atoms with Gasteiger partial charge in [-0.15, -0.1) is 0 Å². The number of benzene rings is 1. The Bertz CT molecular complexity index is 391. The molecule has 0 radical (unpaired) electrons. The SMILES string of the molecule is CC(C)c1ccc(Br)cc1C(CN)C(=O)O. The monoisotopic (exact) mass is 285 g/mol. The molecule has 0 saturated heterocycles. The molecule has 1 atom stereocenters. The highest BCUT2D eigenvalue weighted by Gasteiger charge is 2.22. The molecule has 1 rings (SSSR count). The molecule has 3 nitrogen and oxygen atoms in total. The number of hydrogen-bond donors (Lipinski definition) is 2. The predicted molar refractivity (Wildman–Crippen MR) is 67.7 cm³/mol. The first kappa shape index (κ1) is 13.2. The first-order valence-electron chi connectivity index (χ1n) is 5.19. The molecule has 0 heterocycles. The zero-order valence-electron chi connectivity index (χ0n) is 9.40. The summed E-state index contributed by atoms with van der Waals surface area (Å²) in [6.07, 6.45) is 0. The van der Waals surface area contributed by atoms with Crippen molar-refractivity contribution in [1.82, 2.24) is 0 Å². The van der Waals surface area contributed by atoms with E-state index in [9.17, 15) is 4.79 Å². The van der Waals surface area contributed by atoms with Crippen LogP contribution in [0.5, 0.6) is 0 Å². The van der Waals surface area contributed by atoms with Gasteiger partial charge in [0.2, 0.25) is 0 Å². The average molecular weight is 286 g/mol. The van der Waals surface area contributed by atoms with E-state index in [2.05, 4.69) is 15.9 Å². The van der Waals surface area contributed by atoms with Crippen molar-refractivity contribution < 1.29 is 9.90 Å². The molecule has 0 fully saturated rings. The maximum atomic E-state index is 11.1. The highest BCUT2D eigenvalue weighted by molar-refractivity contribution is 9.10. The lowest BCUT2D eigenvalue weighted by molar-refractivity contribution is -0.138. The van der Waals surface area contributed by atoms with Crippen LogP contribution in [0.15, 0.2) is 22.7 Å². The van der Waals surface area contributed by atoms with Crippen LogP contribution >= 0.6 is 15.9 Å². The Balaban J connectivity index is 3.27. The van der Waals surface area contributed by atoms with Gasteiger partial charge in [-0.3, -0.25) is 4.79 Å². The first-order chi connectivity index (χ1) is 7.47. The zero-order valence-corrected chi connectivity index (χ0v) is 11.0. The fourth-order valence-corrected chi connectivity index (χ4v) is 2.11. The summed E-state index contributed by atoms with van der Waals surface area (Å²) < 4.78 is 0.881. The maximum Gasteiger partial charge on any atom is 0.312 e. The van der Waals surface area contributed by atoms with Crippen LogP contribution in [-0.2, 0) is 4.79 Å². The van der Waals surface area contributed by atoms with Crippen LogP contribution in [0.2, 0.25) is 0 Å². The van der Waals surface area contributed by atoms with E-state index in [1.807, 2.05) is 32.0 Å². The van der Waals surface area contributed by atoms with Gasteiger partial charge in [0, 0.05) is 11.0 Å².